The molecule has 1 unspecified atom stereocenters. The molecule has 1 amide bonds. The SMILES string of the molecule is CCN(C(=O)C(CSC)C(F)(F)F)c1cn(-c2cncc(F)c2)nc1C. The molecule has 5 nitrogen and oxygen atoms in total. The molecule has 26 heavy (non-hydrogen) atoms. The molecule has 2 heterocycles. The molecule has 0 aliphatic carbocycles. The van der Waals surface area contributed by atoms with E-state index in [0.29, 0.717) is 11.4 Å². The minimum atomic E-state index is -4.64. The number of rotatable bonds is 6. The van der Waals surface area contributed by atoms with E-state index in [-0.39, 0.29) is 18.0 Å². The summed E-state index contributed by atoms with van der Waals surface area (Å²) in [6, 6.07) is 1.19. The van der Waals surface area contributed by atoms with E-state index in [1.165, 1.54) is 29.4 Å². The van der Waals surface area contributed by atoms with Crippen molar-refractivity contribution in [3.63, 3.8) is 0 Å². The van der Waals surface area contributed by atoms with Crippen LogP contribution in [-0.2, 0) is 4.79 Å². The number of alkyl halides is 3. The molecule has 0 spiro atoms. The summed E-state index contributed by atoms with van der Waals surface area (Å²) >= 11 is 0.958. The molecular weight excluding hydrogens is 372 g/mol. The molecule has 0 fully saturated rings. The minimum absolute atomic E-state index is 0.0493. The van der Waals surface area contributed by atoms with Gasteiger partial charge in [0.15, 0.2) is 0 Å². The van der Waals surface area contributed by atoms with Gasteiger partial charge in [-0.3, -0.25) is 9.78 Å². The second-order valence-electron chi connectivity index (χ2n) is 5.54. The summed E-state index contributed by atoms with van der Waals surface area (Å²) in [5.41, 5.74) is 0.908. The summed E-state index contributed by atoms with van der Waals surface area (Å²) in [7, 11) is 0. The predicted molar refractivity (Wildman–Crippen MR) is 92.0 cm³/mol. The zero-order valence-corrected chi connectivity index (χ0v) is 15.2. The maximum atomic E-state index is 13.3. The summed E-state index contributed by atoms with van der Waals surface area (Å²) in [4.78, 5) is 17.3. The van der Waals surface area contributed by atoms with Crippen LogP contribution in [0.5, 0.6) is 0 Å². The number of carbonyl (C=O) groups is 1. The van der Waals surface area contributed by atoms with Crippen molar-refractivity contribution >= 4 is 23.4 Å². The molecule has 0 saturated heterocycles. The third-order valence-electron chi connectivity index (χ3n) is 3.73. The average Bonchev–Trinajstić information content (AvgIpc) is 2.94. The van der Waals surface area contributed by atoms with Crippen LogP contribution < -0.4 is 4.90 Å². The Labute approximate surface area is 152 Å². The molecule has 2 rings (SSSR count). The van der Waals surface area contributed by atoms with Gasteiger partial charge in [-0.2, -0.15) is 30.0 Å². The summed E-state index contributed by atoms with van der Waals surface area (Å²) < 4.78 is 54.4. The first kappa shape index (κ1) is 20.2. The Hall–Kier alpha value is -2.10. The number of pyridine rings is 1. The molecule has 0 aromatic carbocycles. The van der Waals surface area contributed by atoms with Crippen molar-refractivity contribution in [2.75, 3.05) is 23.5 Å². The fourth-order valence-electron chi connectivity index (χ4n) is 2.48. The third-order valence-corrected chi connectivity index (χ3v) is 4.39. The van der Waals surface area contributed by atoms with Gasteiger partial charge in [0.2, 0.25) is 5.91 Å². The quantitative estimate of drug-likeness (QED) is 0.707. The first-order valence-electron chi connectivity index (χ1n) is 7.73. The van der Waals surface area contributed by atoms with Crippen LogP contribution in [0.1, 0.15) is 12.6 Å². The molecular formula is C16H18F4N4OS. The number of aromatic nitrogens is 3. The van der Waals surface area contributed by atoms with Crippen molar-refractivity contribution in [1.29, 1.82) is 0 Å². The Kier molecular flexibility index (Phi) is 6.27. The van der Waals surface area contributed by atoms with E-state index in [9.17, 15) is 22.4 Å². The van der Waals surface area contributed by atoms with Crippen LogP contribution in [-0.4, -0.2) is 45.4 Å². The minimum Gasteiger partial charge on any atom is -0.309 e. The van der Waals surface area contributed by atoms with Gasteiger partial charge in [-0.15, -0.1) is 0 Å². The molecule has 0 N–H and O–H groups in total. The van der Waals surface area contributed by atoms with Crippen LogP contribution in [0.3, 0.4) is 0 Å². The molecule has 2 aromatic rings. The second-order valence-corrected chi connectivity index (χ2v) is 6.45. The van der Waals surface area contributed by atoms with Crippen molar-refractivity contribution in [2.24, 2.45) is 5.92 Å². The standard InChI is InChI=1S/C16H18F4N4OS/c1-4-23(15(25)13(9-26-3)16(18,19)20)14-8-24(22-10(14)2)12-5-11(17)6-21-7-12/h5-8,13H,4,9H2,1-3H3. The van der Waals surface area contributed by atoms with Gasteiger partial charge in [-0.1, -0.05) is 0 Å². The van der Waals surface area contributed by atoms with E-state index in [0.717, 1.165) is 22.9 Å². The number of halogens is 4. The van der Waals surface area contributed by atoms with Crippen LogP contribution in [0.25, 0.3) is 5.69 Å². The lowest BCUT2D eigenvalue weighted by atomic mass is 10.1. The Balaban J connectivity index is 2.39. The third kappa shape index (κ3) is 4.35. The van der Waals surface area contributed by atoms with Crippen LogP contribution in [0.2, 0.25) is 0 Å². The Morgan fingerprint density at radius 2 is 2.08 bits per heavy atom. The van der Waals surface area contributed by atoms with Gasteiger partial charge in [0.25, 0.3) is 0 Å². The fourth-order valence-corrected chi connectivity index (χ4v) is 3.14. The smallest absolute Gasteiger partial charge is 0.309 e. The largest absolute Gasteiger partial charge is 0.401 e. The van der Waals surface area contributed by atoms with Gasteiger partial charge in [0.1, 0.15) is 11.7 Å². The highest BCUT2D eigenvalue weighted by molar-refractivity contribution is 7.98. The van der Waals surface area contributed by atoms with Gasteiger partial charge >= 0.3 is 6.18 Å². The predicted octanol–water partition coefficient (Wildman–Crippen LogP) is 3.61. The lowest BCUT2D eigenvalue weighted by molar-refractivity contribution is -0.176. The normalized spacial score (nSPS) is 12.9. The Morgan fingerprint density at radius 1 is 1.38 bits per heavy atom. The van der Waals surface area contributed by atoms with Gasteiger partial charge in [-0.25, -0.2) is 9.07 Å². The average molecular weight is 390 g/mol. The second kappa shape index (κ2) is 8.07. The number of anilines is 1. The van der Waals surface area contributed by atoms with Gasteiger partial charge in [0.05, 0.1) is 35.7 Å². The number of hydrogen-bond donors (Lipinski definition) is 0. The molecule has 2 aromatic heterocycles. The van der Waals surface area contributed by atoms with E-state index in [2.05, 4.69) is 10.1 Å². The number of aryl methyl sites for hydroxylation is 1. The summed E-state index contributed by atoms with van der Waals surface area (Å²) in [6.45, 7) is 3.21. The highest BCUT2D eigenvalue weighted by Crippen LogP contribution is 2.32. The lowest BCUT2D eigenvalue weighted by Gasteiger charge is -2.26. The molecule has 0 aliphatic heterocycles. The molecule has 1 atom stereocenters. The first-order chi connectivity index (χ1) is 12.2. The van der Waals surface area contributed by atoms with Crippen LogP contribution in [0, 0.1) is 18.7 Å². The van der Waals surface area contributed by atoms with E-state index in [4.69, 9.17) is 0 Å². The van der Waals surface area contributed by atoms with Crippen molar-refractivity contribution in [2.45, 2.75) is 20.0 Å². The number of carbonyl (C=O) groups excluding carboxylic acids is 1. The Morgan fingerprint density at radius 3 is 2.62 bits per heavy atom. The van der Waals surface area contributed by atoms with Crippen LogP contribution >= 0.6 is 11.8 Å². The highest BCUT2D eigenvalue weighted by Gasteiger charge is 2.46. The van der Waals surface area contributed by atoms with Crippen molar-refractivity contribution in [1.82, 2.24) is 14.8 Å². The van der Waals surface area contributed by atoms with E-state index in [1.54, 1.807) is 13.8 Å². The molecule has 0 aliphatic rings. The number of hydrogen-bond acceptors (Lipinski definition) is 4. The van der Waals surface area contributed by atoms with E-state index >= 15 is 0 Å². The zero-order valence-electron chi connectivity index (χ0n) is 14.4. The van der Waals surface area contributed by atoms with Crippen molar-refractivity contribution in [3.8, 4) is 5.69 Å². The summed E-state index contributed by atoms with van der Waals surface area (Å²) in [5.74, 6) is -4.07. The summed E-state index contributed by atoms with van der Waals surface area (Å²) in [5, 5.41) is 4.17. The lowest BCUT2D eigenvalue weighted by Crippen LogP contribution is -2.44. The molecule has 0 bridgehead atoms. The first-order valence-corrected chi connectivity index (χ1v) is 9.12. The number of nitrogens with zero attached hydrogens (tertiary/aromatic N) is 4. The maximum Gasteiger partial charge on any atom is 0.401 e. The summed E-state index contributed by atoms with van der Waals surface area (Å²) in [6.07, 6.45) is 0.675. The number of amides is 1. The number of thioether (sulfide) groups is 1. The fraction of sp³-hybridized carbons (Fsp3) is 0.438. The molecule has 0 saturated carbocycles. The molecule has 142 valence electrons. The van der Waals surface area contributed by atoms with E-state index in [1.807, 2.05) is 0 Å². The van der Waals surface area contributed by atoms with Gasteiger partial charge in [0, 0.05) is 18.4 Å². The monoisotopic (exact) mass is 390 g/mol. The van der Waals surface area contributed by atoms with Crippen molar-refractivity contribution in [3.05, 3.63) is 36.2 Å². The molecule has 0 radical (unpaired) electrons. The topological polar surface area (TPSA) is 51.0 Å². The van der Waals surface area contributed by atoms with Crippen LogP contribution in [0.15, 0.2) is 24.7 Å². The van der Waals surface area contributed by atoms with Crippen molar-refractivity contribution < 1.29 is 22.4 Å². The van der Waals surface area contributed by atoms with Crippen LogP contribution in [0.4, 0.5) is 23.2 Å². The zero-order chi connectivity index (χ0) is 19.5. The Bertz CT molecular complexity index is 778. The van der Waals surface area contributed by atoms with Gasteiger partial charge < -0.3 is 4.90 Å². The maximum absolute atomic E-state index is 13.3. The van der Waals surface area contributed by atoms with E-state index < -0.39 is 23.8 Å². The van der Waals surface area contributed by atoms with Gasteiger partial charge in [-0.05, 0) is 20.1 Å². The highest BCUT2D eigenvalue weighted by atomic mass is 32.2. The molecule has 10 heteroatoms.